The van der Waals surface area contributed by atoms with E-state index in [2.05, 4.69) is 10.3 Å². The number of pyridine rings is 1. The SMILES string of the molecule is Cc1c(C=O)cncc1Nc1ccc(Cl)cc1F. The summed E-state index contributed by atoms with van der Waals surface area (Å²) in [6.07, 6.45) is 3.72. The van der Waals surface area contributed by atoms with E-state index >= 15 is 0 Å². The third-order valence-corrected chi connectivity index (χ3v) is 2.82. The molecular formula is C13H10ClFN2O. The number of rotatable bonds is 3. The minimum Gasteiger partial charge on any atom is -0.352 e. The van der Waals surface area contributed by atoms with E-state index < -0.39 is 5.82 Å². The van der Waals surface area contributed by atoms with Crippen molar-refractivity contribution in [3.05, 3.63) is 52.6 Å². The number of hydrogen-bond donors (Lipinski definition) is 1. The first-order valence-corrected chi connectivity index (χ1v) is 5.61. The van der Waals surface area contributed by atoms with Crippen molar-refractivity contribution in [1.29, 1.82) is 0 Å². The summed E-state index contributed by atoms with van der Waals surface area (Å²) >= 11 is 5.67. The van der Waals surface area contributed by atoms with Gasteiger partial charge in [-0.3, -0.25) is 9.78 Å². The number of aromatic nitrogens is 1. The van der Waals surface area contributed by atoms with Gasteiger partial charge in [0.05, 0.1) is 17.6 Å². The van der Waals surface area contributed by atoms with Crippen LogP contribution in [0.25, 0.3) is 0 Å². The van der Waals surface area contributed by atoms with Gasteiger partial charge in [0.2, 0.25) is 0 Å². The molecule has 2 aromatic rings. The Morgan fingerprint density at radius 3 is 2.78 bits per heavy atom. The molecule has 92 valence electrons. The fraction of sp³-hybridized carbons (Fsp3) is 0.0769. The van der Waals surface area contributed by atoms with Gasteiger partial charge in [0, 0.05) is 16.8 Å². The van der Waals surface area contributed by atoms with Crippen LogP contribution in [0.2, 0.25) is 5.02 Å². The third-order valence-electron chi connectivity index (χ3n) is 2.58. The quantitative estimate of drug-likeness (QED) is 0.859. The predicted molar refractivity (Wildman–Crippen MR) is 69.1 cm³/mol. The van der Waals surface area contributed by atoms with Crippen molar-refractivity contribution in [1.82, 2.24) is 4.98 Å². The van der Waals surface area contributed by atoms with Crippen LogP contribution >= 0.6 is 11.6 Å². The number of aldehydes is 1. The number of hydrogen-bond acceptors (Lipinski definition) is 3. The summed E-state index contributed by atoms with van der Waals surface area (Å²) < 4.78 is 13.6. The van der Waals surface area contributed by atoms with Gasteiger partial charge >= 0.3 is 0 Å². The molecule has 0 atom stereocenters. The average Bonchev–Trinajstić information content (AvgIpc) is 2.35. The maximum Gasteiger partial charge on any atom is 0.151 e. The molecule has 0 saturated carbocycles. The molecule has 0 aliphatic carbocycles. The van der Waals surface area contributed by atoms with Gasteiger partial charge in [-0.25, -0.2) is 4.39 Å². The van der Waals surface area contributed by atoms with Crippen molar-refractivity contribution in [2.24, 2.45) is 0 Å². The van der Waals surface area contributed by atoms with Gasteiger partial charge in [0.15, 0.2) is 6.29 Å². The maximum absolute atomic E-state index is 13.6. The number of carbonyl (C=O) groups is 1. The molecule has 0 bridgehead atoms. The number of nitrogens with zero attached hydrogens (tertiary/aromatic N) is 1. The molecule has 3 nitrogen and oxygen atoms in total. The lowest BCUT2D eigenvalue weighted by Crippen LogP contribution is -1.99. The van der Waals surface area contributed by atoms with Gasteiger partial charge in [-0.15, -0.1) is 0 Å². The molecule has 0 spiro atoms. The van der Waals surface area contributed by atoms with Crippen molar-refractivity contribution in [2.75, 3.05) is 5.32 Å². The molecule has 0 aliphatic heterocycles. The Hall–Kier alpha value is -1.94. The second-order valence-corrected chi connectivity index (χ2v) is 4.20. The topological polar surface area (TPSA) is 42.0 Å². The van der Waals surface area contributed by atoms with Gasteiger partial charge in [-0.2, -0.15) is 0 Å². The highest BCUT2D eigenvalue weighted by molar-refractivity contribution is 6.30. The van der Waals surface area contributed by atoms with Gasteiger partial charge in [-0.05, 0) is 30.7 Å². The maximum atomic E-state index is 13.6. The normalized spacial score (nSPS) is 10.2. The minimum atomic E-state index is -0.460. The highest BCUT2D eigenvalue weighted by Gasteiger charge is 2.07. The molecule has 1 N–H and O–H groups in total. The molecule has 1 heterocycles. The molecule has 0 radical (unpaired) electrons. The van der Waals surface area contributed by atoms with E-state index in [0.29, 0.717) is 28.1 Å². The Morgan fingerprint density at radius 2 is 2.11 bits per heavy atom. The Kier molecular flexibility index (Phi) is 3.58. The average molecular weight is 265 g/mol. The second kappa shape index (κ2) is 5.14. The van der Waals surface area contributed by atoms with Gasteiger partial charge in [0.25, 0.3) is 0 Å². The molecule has 0 saturated heterocycles. The van der Waals surface area contributed by atoms with E-state index in [0.717, 1.165) is 0 Å². The fourth-order valence-corrected chi connectivity index (χ4v) is 1.68. The number of carbonyl (C=O) groups excluding carboxylic acids is 1. The van der Waals surface area contributed by atoms with Gasteiger partial charge in [0.1, 0.15) is 5.82 Å². The molecule has 0 unspecified atom stereocenters. The van der Waals surface area contributed by atoms with Gasteiger partial charge < -0.3 is 5.32 Å². The first-order chi connectivity index (χ1) is 8.61. The zero-order chi connectivity index (χ0) is 13.1. The van der Waals surface area contributed by atoms with E-state index in [1.54, 1.807) is 13.0 Å². The zero-order valence-electron chi connectivity index (χ0n) is 9.58. The Balaban J connectivity index is 2.37. The number of nitrogens with one attached hydrogen (secondary N) is 1. The molecule has 18 heavy (non-hydrogen) atoms. The summed E-state index contributed by atoms with van der Waals surface area (Å²) in [4.78, 5) is 14.7. The first-order valence-electron chi connectivity index (χ1n) is 5.23. The van der Waals surface area contributed by atoms with Crippen molar-refractivity contribution < 1.29 is 9.18 Å². The molecule has 0 fully saturated rings. The van der Waals surface area contributed by atoms with Gasteiger partial charge in [-0.1, -0.05) is 11.6 Å². The van der Waals surface area contributed by atoms with E-state index in [1.807, 2.05) is 0 Å². The van der Waals surface area contributed by atoms with Crippen LogP contribution in [0, 0.1) is 12.7 Å². The van der Waals surface area contributed by atoms with Crippen molar-refractivity contribution in [3.8, 4) is 0 Å². The summed E-state index contributed by atoms with van der Waals surface area (Å²) in [7, 11) is 0. The van der Waals surface area contributed by atoms with Crippen LogP contribution in [0.5, 0.6) is 0 Å². The fourth-order valence-electron chi connectivity index (χ4n) is 1.52. The summed E-state index contributed by atoms with van der Waals surface area (Å²) in [6.45, 7) is 1.77. The standard InChI is InChI=1S/C13H10ClFN2O/c1-8-9(7-18)5-16-6-13(8)17-12-3-2-10(14)4-11(12)15/h2-7,17H,1H3. The van der Waals surface area contributed by atoms with Crippen LogP contribution < -0.4 is 5.32 Å². The molecule has 0 aliphatic rings. The first kappa shape index (κ1) is 12.5. The lowest BCUT2D eigenvalue weighted by molar-refractivity contribution is 0.112. The lowest BCUT2D eigenvalue weighted by Gasteiger charge is -2.11. The molecule has 1 aromatic heterocycles. The van der Waals surface area contributed by atoms with Crippen molar-refractivity contribution in [2.45, 2.75) is 6.92 Å². The summed E-state index contributed by atoms with van der Waals surface area (Å²) in [6, 6.07) is 4.33. The highest BCUT2D eigenvalue weighted by atomic mass is 35.5. The molecule has 5 heteroatoms. The summed E-state index contributed by atoms with van der Waals surface area (Å²) in [5.74, 6) is -0.460. The Labute approximate surface area is 109 Å². The molecule has 1 aromatic carbocycles. The third kappa shape index (κ3) is 2.49. The van der Waals surface area contributed by atoms with Crippen LogP contribution in [0.15, 0.2) is 30.6 Å². The summed E-state index contributed by atoms with van der Waals surface area (Å²) in [5, 5.41) is 3.22. The highest BCUT2D eigenvalue weighted by Crippen LogP contribution is 2.25. The van der Waals surface area contributed by atoms with E-state index in [4.69, 9.17) is 11.6 Å². The number of anilines is 2. The van der Waals surface area contributed by atoms with Crippen LogP contribution in [0.4, 0.5) is 15.8 Å². The van der Waals surface area contributed by atoms with Crippen molar-refractivity contribution >= 4 is 29.3 Å². The smallest absolute Gasteiger partial charge is 0.151 e. The summed E-state index contributed by atoms with van der Waals surface area (Å²) in [5.41, 5.74) is 2.05. The van der Waals surface area contributed by atoms with Crippen LogP contribution in [-0.2, 0) is 0 Å². The predicted octanol–water partition coefficient (Wildman–Crippen LogP) is 3.74. The zero-order valence-corrected chi connectivity index (χ0v) is 10.3. The van der Waals surface area contributed by atoms with Crippen LogP contribution in [0.1, 0.15) is 15.9 Å². The largest absolute Gasteiger partial charge is 0.352 e. The monoisotopic (exact) mass is 264 g/mol. The molecular weight excluding hydrogens is 255 g/mol. The molecule has 0 amide bonds. The van der Waals surface area contributed by atoms with Crippen LogP contribution in [0.3, 0.4) is 0 Å². The Bertz CT molecular complexity index is 602. The number of benzene rings is 1. The second-order valence-electron chi connectivity index (χ2n) is 3.77. The van der Waals surface area contributed by atoms with E-state index in [-0.39, 0.29) is 5.69 Å². The van der Waals surface area contributed by atoms with E-state index in [1.165, 1.54) is 24.5 Å². The van der Waals surface area contributed by atoms with Crippen LogP contribution in [-0.4, -0.2) is 11.3 Å². The molecule has 2 rings (SSSR count). The Morgan fingerprint density at radius 1 is 1.33 bits per heavy atom. The van der Waals surface area contributed by atoms with E-state index in [9.17, 15) is 9.18 Å². The number of halogens is 2. The van der Waals surface area contributed by atoms with Crippen molar-refractivity contribution in [3.63, 3.8) is 0 Å². The minimum absolute atomic E-state index is 0.285. The lowest BCUT2D eigenvalue weighted by atomic mass is 10.1.